The van der Waals surface area contributed by atoms with E-state index >= 15 is 0 Å². The van der Waals surface area contributed by atoms with Crippen molar-refractivity contribution < 1.29 is 19.4 Å². The number of nitrogens with zero attached hydrogens (tertiary/aromatic N) is 1. The Bertz CT molecular complexity index is 610. The molecule has 1 unspecified atom stereocenters. The summed E-state index contributed by atoms with van der Waals surface area (Å²) in [6, 6.07) is 3.53. The largest absolute Gasteiger partial charge is 0.496 e. The third kappa shape index (κ3) is 3.03. The molecule has 1 aromatic carbocycles. The molecule has 0 radical (unpaired) electrons. The maximum atomic E-state index is 12.2. The second-order valence-corrected chi connectivity index (χ2v) is 6.67. The maximum absolute atomic E-state index is 12.2. The molecule has 3 atom stereocenters. The summed E-state index contributed by atoms with van der Waals surface area (Å²) in [5.41, 5.74) is 0.901. The van der Waals surface area contributed by atoms with Gasteiger partial charge >= 0.3 is 0 Å². The van der Waals surface area contributed by atoms with Crippen LogP contribution in [0.15, 0.2) is 12.1 Å². The third-order valence-corrected chi connectivity index (χ3v) is 5.47. The molecule has 0 spiro atoms. The Labute approximate surface area is 145 Å². The smallest absolute Gasteiger partial charge is 0.254 e. The number of benzene rings is 1. The Kier molecular flexibility index (Phi) is 5.01. The number of hydrogen-bond donors (Lipinski definition) is 1. The molecule has 1 N–H and O–H groups in total. The number of halogens is 2. The molecule has 3 rings (SSSR count). The van der Waals surface area contributed by atoms with E-state index in [2.05, 4.69) is 0 Å². The number of carbonyl (C=O) groups excluding carboxylic acids is 1. The lowest BCUT2D eigenvalue weighted by atomic mass is 9.84. The fraction of sp³-hybridized carbons (Fsp3) is 0.562. The lowest BCUT2D eigenvalue weighted by Gasteiger charge is -2.44. The number of carbonyl (C=O) groups is 1. The number of aliphatic hydroxyl groups excluding tert-OH is 1. The van der Waals surface area contributed by atoms with Crippen molar-refractivity contribution in [2.75, 3.05) is 26.9 Å². The summed E-state index contributed by atoms with van der Waals surface area (Å²) >= 11 is 12.6. The summed E-state index contributed by atoms with van der Waals surface area (Å²) in [4.78, 5) is 14.1. The van der Waals surface area contributed by atoms with E-state index in [4.69, 9.17) is 32.7 Å². The zero-order valence-electron chi connectivity index (χ0n) is 12.8. The van der Waals surface area contributed by atoms with Crippen LogP contribution in [0.2, 0.25) is 10.0 Å². The highest BCUT2D eigenvalue weighted by Gasteiger charge is 2.40. The van der Waals surface area contributed by atoms with Crippen LogP contribution in [0.5, 0.6) is 5.75 Å². The van der Waals surface area contributed by atoms with Gasteiger partial charge in [0.05, 0.1) is 36.4 Å². The van der Waals surface area contributed by atoms with Crippen LogP contribution in [-0.4, -0.2) is 54.9 Å². The monoisotopic (exact) mass is 359 g/mol. The van der Waals surface area contributed by atoms with Gasteiger partial charge in [-0.2, -0.15) is 0 Å². The summed E-state index contributed by atoms with van der Waals surface area (Å²) in [6.07, 6.45) is 0.781. The van der Waals surface area contributed by atoms with Crippen molar-refractivity contribution in [3.8, 4) is 5.75 Å². The summed E-state index contributed by atoms with van der Waals surface area (Å²) in [6.45, 7) is 0.757. The van der Waals surface area contributed by atoms with Crippen LogP contribution in [0.3, 0.4) is 0 Å². The summed E-state index contributed by atoms with van der Waals surface area (Å²) in [7, 11) is 1.61. The van der Waals surface area contributed by atoms with Crippen molar-refractivity contribution >= 4 is 29.1 Å². The van der Waals surface area contributed by atoms with Crippen LogP contribution < -0.4 is 4.74 Å². The number of amides is 1. The second-order valence-electron chi connectivity index (χ2n) is 5.89. The number of ether oxygens (including phenoxy) is 2. The lowest BCUT2D eigenvalue weighted by Crippen LogP contribution is -2.57. The molecule has 0 bridgehead atoms. The normalized spacial score (nSPS) is 27.7. The predicted octanol–water partition coefficient (Wildman–Crippen LogP) is 2.47. The van der Waals surface area contributed by atoms with Crippen molar-refractivity contribution in [1.29, 1.82) is 0 Å². The van der Waals surface area contributed by atoms with Gasteiger partial charge in [0.1, 0.15) is 5.75 Å². The van der Waals surface area contributed by atoms with E-state index in [-0.39, 0.29) is 24.5 Å². The molecule has 2 heterocycles. The van der Waals surface area contributed by atoms with Crippen molar-refractivity contribution in [2.45, 2.75) is 30.9 Å². The standard InChI is InChI=1S/C16H19Cl2NO4/c1-22-12-3-2-11(17)15(18)14(12)9-4-5-19-10(6-9)8-23-13(7-20)16(19)21/h2-3,9-10,13,20H,4-8H2,1H3/t9-,10+,13?/m1/s1. The van der Waals surface area contributed by atoms with Gasteiger partial charge in [0.25, 0.3) is 5.91 Å². The van der Waals surface area contributed by atoms with Gasteiger partial charge in [0, 0.05) is 12.1 Å². The van der Waals surface area contributed by atoms with Gasteiger partial charge in [0.2, 0.25) is 0 Å². The predicted molar refractivity (Wildman–Crippen MR) is 87.3 cm³/mol. The Balaban J connectivity index is 1.84. The van der Waals surface area contributed by atoms with Crippen LogP contribution in [-0.2, 0) is 9.53 Å². The number of morpholine rings is 1. The molecule has 1 amide bonds. The third-order valence-electron chi connectivity index (χ3n) is 4.65. The van der Waals surface area contributed by atoms with E-state index in [0.29, 0.717) is 28.9 Å². The minimum atomic E-state index is -0.730. The molecule has 2 fully saturated rings. The zero-order valence-corrected chi connectivity index (χ0v) is 14.3. The highest BCUT2D eigenvalue weighted by atomic mass is 35.5. The van der Waals surface area contributed by atoms with Crippen LogP contribution in [0, 0.1) is 0 Å². The molecular weight excluding hydrogens is 341 g/mol. The number of rotatable bonds is 3. The van der Waals surface area contributed by atoms with Crippen molar-refractivity contribution in [3.63, 3.8) is 0 Å². The minimum Gasteiger partial charge on any atom is -0.496 e. The molecule has 5 nitrogen and oxygen atoms in total. The lowest BCUT2D eigenvalue weighted by molar-refractivity contribution is -0.165. The highest BCUT2D eigenvalue weighted by Crippen LogP contribution is 2.44. The van der Waals surface area contributed by atoms with Gasteiger partial charge < -0.3 is 19.5 Å². The van der Waals surface area contributed by atoms with Crippen LogP contribution in [0.1, 0.15) is 24.3 Å². The molecule has 23 heavy (non-hydrogen) atoms. The van der Waals surface area contributed by atoms with Crippen molar-refractivity contribution in [3.05, 3.63) is 27.7 Å². The SMILES string of the molecule is COc1ccc(Cl)c(Cl)c1[C@@H]1CCN2C(=O)C(CO)OC[C@@H]2C1. The first-order valence-corrected chi connectivity index (χ1v) is 8.37. The van der Waals surface area contributed by atoms with Gasteiger partial charge in [-0.3, -0.25) is 4.79 Å². The topological polar surface area (TPSA) is 59.0 Å². The molecule has 0 aromatic heterocycles. The van der Waals surface area contributed by atoms with Gasteiger partial charge in [-0.05, 0) is 30.9 Å². The summed E-state index contributed by atoms with van der Waals surface area (Å²) in [5, 5.41) is 10.2. The number of hydrogen-bond acceptors (Lipinski definition) is 4. The molecule has 0 saturated carbocycles. The average Bonchev–Trinajstić information content (AvgIpc) is 2.57. The fourth-order valence-electron chi connectivity index (χ4n) is 3.48. The summed E-state index contributed by atoms with van der Waals surface area (Å²) < 4.78 is 10.9. The first-order chi connectivity index (χ1) is 11.1. The molecule has 2 aliphatic rings. The quantitative estimate of drug-likeness (QED) is 0.900. The number of aliphatic hydroxyl groups is 1. The highest BCUT2D eigenvalue weighted by molar-refractivity contribution is 6.42. The second kappa shape index (κ2) is 6.85. The van der Waals surface area contributed by atoms with E-state index in [0.717, 1.165) is 18.4 Å². The van der Waals surface area contributed by atoms with E-state index in [9.17, 15) is 9.90 Å². The van der Waals surface area contributed by atoms with Crippen LogP contribution in [0.4, 0.5) is 0 Å². The summed E-state index contributed by atoms with van der Waals surface area (Å²) in [5.74, 6) is 0.736. The Morgan fingerprint density at radius 3 is 2.91 bits per heavy atom. The molecule has 2 saturated heterocycles. The zero-order chi connectivity index (χ0) is 16.6. The van der Waals surface area contributed by atoms with E-state index in [1.54, 1.807) is 13.2 Å². The Morgan fingerprint density at radius 1 is 1.43 bits per heavy atom. The fourth-order valence-corrected chi connectivity index (χ4v) is 3.96. The molecular formula is C16H19Cl2NO4. The minimum absolute atomic E-state index is 0.0104. The first kappa shape index (κ1) is 16.8. The van der Waals surface area contributed by atoms with Gasteiger partial charge in [-0.15, -0.1) is 0 Å². The van der Waals surface area contributed by atoms with E-state index in [1.165, 1.54) is 0 Å². The first-order valence-electron chi connectivity index (χ1n) is 7.61. The molecule has 0 aliphatic carbocycles. The van der Waals surface area contributed by atoms with Crippen LogP contribution in [0.25, 0.3) is 0 Å². The number of fused-ring (bicyclic) bond motifs is 1. The number of piperidine rings is 1. The maximum Gasteiger partial charge on any atom is 0.254 e. The van der Waals surface area contributed by atoms with E-state index in [1.807, 2.05) is 11.0 Å². The Morgan fingerprint density at radius 2 is 2.22 bits per heavy atom. The molecule has 7 heteroatoms. The van der Waals surface area contributed by atoms with Gasteiger partial charge in [-0.25, -0.2) is 0 Å². The Hall–Kier alpha value is -1.01. The van der Waals surface area contributed by atoms with Gasteiger partial charge in [-0.1, -0.05) is 23.2 Å². The average molecular weight is 360 g/mol. The molecule has 126 valence electrons. The molecule has 2 aliphatic heterocycles. The van der Waals surface area contributed by atoms with Crippen molar-refractivity contribution in [2.24, 2.45) is 0 Å². The van der Waals surface area contributed by atoms with Gasteiger partial charge in [0.15, 0.2) is 6.10 Å². The van der Waals surface area contributed by atoms with E-state index < -0.39 is 6.10 Å². The molecule has 1 aromatic rings. The van der Waals surface area contributed by atoms with Crippen LogP contribution >= 0.6 is 23.2 Å². The van der Waals surface area contributed by atoms with Crippen molar-refractivity contribution in [1.82, 2.24) is 4.90 Å². The number of methoxy groups -OCH3 is 1.